The van der Waals surface area contributed by atoms with E-state index >= 15 is 0 Å². The van der Waals surface area contributed by atoms with Crippen molar-refractivity contribution in [3.8, 4) is 0 Å². The molecule has 2 fully saturated rings. The van der Waals surface area contributed by atoms with Crippen LogP contribution in [0.2, 0.25) is 0 Å². The molecule has 0 bridgehead atoms. The molecule has 2 N–H and O–H groups in total. The molecule has 2 saturated heterocycles. The van der Waals surface area contributed by atoms with Crippen molar-refractivity contribution in [2.45, 2.75) is 128 Å². The number of nitrogens with zero attached hydrogens (tertiary/aromatic N) is 2. The maximum atomic E-state index is 12.2. The number of carboxylic acid groups (broad SMARTS) is 2. The number of rotatable bonds is 7. The van der Waals surface area contributed by atoms with Crippen LogP contribution in [-0.4, -0.2) is 92.6 Å². The lowest BCUT2D eigenvalue weighted by Crippen LogP contribution is -2.62. The van der Waals surface area contributed by atoms with E-state index in [1.165, 1.54) is 0 Å². The highest BCUT2D eigenvalue weighted by atomic mass is 16.6. The van der Waals surface area contributed by atoms with Crippen LogP contribution >= 0.6 is 0 Å². The van der Waals surface area contributed by atoms with E-state index in [4.69, 9.17) is 9.47 Å². The topological polar surface area (TPSA) is 99.5 Å². The second-order valence-electron chi connectivity index (χ2n) is 12.2. The molecule has 0 aromatic rings. The minimum Gasteiger partial charge on any atom is -0.479 e. The van der Waals surface area contributed by atoms with Crippen molar-refractivity contribution in [1.29, 1.82) is 0 Å². The molecule has 0 aliphatic carbocycles. The molecule has 2 aliphatic rings. The Morgan fingerprint density at radius 2 is 0.875 bits per heavy atom. The number of aliphatic carboxylic acids is 2. The third-order valence-corrected chi connectivity index (χ3v) is 7.98. The first kappa shape index (κ1) is 27.0. The lowest BCUT2D eigenvalue weighted by molar-refractivity contribution is -0.204. The van der Waals surface area contributed by atoms with E-state index in [0.717, 1.165) is 0 Å². The lowest BCUT2D eigenvalue weighted by atomic mass is 9.78. The Bertz CT molecular complexity index is 621. The third-order valence-electron chi connectivity index (χ3n) is 7.98. The van der Waals surface area contributed by atoms with Crippen molar-refractivity contribution >= 4 is 11.9 Å². The minimum atomic E-state index is -1.57. The van der Waals surface area contributed by atoms with E-state index in [9.17, 15) is 19.8 Å². The predicted molar refractivity (Wildman–Crippen MR) is 123 cm³/mol. The van der Waals surface area contributed by atoms with Crippen LogP contribution in [0.25, 0.3) is 0 Å². The van der Waals surface area contributed by atoms with Crippen LogP contribution in [0.5, 0.6) is 0 Å². The molecule has 32 heavy (non-hydrogen) atoms. The molecular weight excluding hydrogens is 412 g/mol. The first-order valence-electron chi connectivity index (χ1n) is 11.5. The average molecular weight is 457 g/mol. The van der Waals surface area contributed by atoms with Gasteiger partial charge in [0.1, 0.15) is 0 Å². The summed E-state index contributed by atoms with van der Waals surface area (Å²) < 4.78 is 12.0. The van der Waals surface area contributed by atoms with Gasteiger partial charge in [-0.3, -0.25) is 9.80 Å². The Balaban J connectivity index is 2.24. The zero-order valence-corrected chi connectivity index (χ0v) is 21.6. The average Bonchev–Trinajstić information content (AvgIpc) is 2.59. The Morgan fingerprint density at radius 1 is 0.656 bits per heavy atom. The quantitative estimate of drug-likeness (QED) is 0.602. The van der Waals surface area contributed by atoms with Crippen LogP contribution in [0.4, 0.5) is 0 Å². The first-order chi connectivity index (χ1) is 14.3. The van der Waals surface area contributed by atoms with Crippen LogP contribution in [0, 0.1) is 0 Å². The van der Waals surface area contributed by atoms with Gasteiger partial charge in [-0.1, -0.05) is 0 Å². The molecule has 8 nitrogen and oxygen atoms in total. The summed E-state index contributed by atoms with van der Waals surface area (Å²) in [6.07, 6.45) is -1.47. The van der Waals surface area contributed by atoms with Crippen molar-refractivity contribution in [2.75, 3.05) is 14.1 Å². The summed E-state index contributed by atoms with van der Waals surface area (Å²) in [5.74, 6) is -2.61. The van der Waals surface area contributed by atoms with Gasteiger partial charge in [0, 0.05) is 22.2 Å². The molecule has 0 amide bonds. The van der Waals surface area contributed by atoms with Crippen molar-refractivity contribution in [1.82, 2.24) is 9.80 Å². The van der Waals surface area contributed by atoms with Gasteiger partial charge in [0.25, 0.3) is 0 Å². The maximum absolute atomic E-state index is 12.2. The largest absolute Gasteiger partial charge is 0.479 e. The number of likely N-dealkylation sites (tertiary alicyclic amines) is 2. The molecule has 8 heteroatoms. The third kappa shape index (κ3) is 5.64. The molecule has 186 valence electrons. The molecule has 2 unspecified atom stereocenters. The number of carboxylic acids is 2. The van der Waals surface area contributed by atoms with Crippen molar-refractivity contribution in [2.24, 2.45) is 0 Å². The first-order valence-corrected chi connectivity index (χ1v) is 11.5. The van der Waals surface area contributed by atoms with Gasteiger partial charge >= 0.3 is 11.9 Å². The van der Waals surface area contributed by atoms with E-state index in [0.29, 0.717) is 25.7 Å². The van der Waals surface area contributed by atoms with Crippen molar-refractivity contribution in [3.63, 3.8) is 0 Å². The summed E-state index contributed by atoms with van der Waals surface area (Å²) in [5, 5.41) is 19.9. The Hall–Kier alpha value is -1.22. The van der Waals surface area contributed by atoms with Crippen LogP contribution < -0.4 is 0 Å². The maximum Gasteiger partial charge on any atom is 0.336 e. The smallest absolute Gasteiger partial charge is 0.336 e. The van der Waals surface area contributed by atoms with Crippen molar-refractivity contribution in [3.05, 3.63) is 0 Å². The van der Waals surface area contributed by atoms with Crippen LogP contribution in [0.3, 0.4) is 0 Å². The normalized spacial score (nSPS) is 28.2. The molecule has 0 spiro atoms. The minimum absolute atomic E-state index is 0.211. The fraction of sp³-hybridized carbons (Fsp3) is 0.917. The number of piperidine rings is 2. The SMILES string of the molecule is CN1C(C)(C)CC(OC(C(=O)O)C(OC2CC(C)(C)N(C)C(C)(C)C2)C(=O)O)CC1(C)C. The monoisotopic (exact) mass is 456 g/mol. The molecule has 2 heterocycles. The summed E-state index contributed by atoms with van der Waals surface area (Å²) in [7, 11) is 4.11. The van der Waals surface area contributed by atoms with Crippen molar-refractivity contribution < 1.29 is 29.3 Å². The van der Waals surface area contributed by atoms with Gasteiger partial charge in [0.15, 0.2) is 12.2 Å². The highest BCUT2D eigenvalue weighted by Gasteiger charge is 2.49. The van der Waals surface area contributed by atoms with Gasteiger partial charge in [-0.15, -0.1) is 0 Å². The zero-order valence-electron chi connectivity index (χ0n) is 21.6. The van der Waals surface area contributed by atoms with Crippen LogP contribution in [-0.2, 0) is 19.1 Å². The Kier molecular flexibility index (Phi) is 7.48. The molecule has 0 radical (unpaired) electrons. The standard InChI is InChI=1S/C24H44N2O6/c1-21(2)11-15(12-22(3,4)25(21)9)31-17(19(27)28)18(20(29)30)32-16-13-23(5,6)26(10)24(7,8)14-16/h15-18H,11-14H2,1-10H3,(H,27,28)(H,29,30). The molecule has 2 rings (SSSR count). The van der Waals surface area contributed by atoms with Gasteiger partial charge in [-0.05, 0) is 95.2 Å². The fourth-order valence-electron chi connectivity index (χ4n) is 5.68. The molecular formula is C24H44N2O6. The zero-order chi connectivity index (χ0) is 24.9. The van der Waals surface area contributed by atoms with Gasteiger partial charge in [-0.25, -0.2) is 9.59 Å². The van der Waals surface area contributed by atoms with E-state index in [1.54, 1.807) is 0 Å². The summed E-state index contributed by atoms with van der Waals surface area (Å²) in [4.78, 5) is 28.9. The van der Waals surface area contributed by atoms with E-state index < -0.39 is 24.1 Å². The van der Waals surface area contributed by atoms with E-state index in [1.807, 2.05) is 0 Å². The number of ether oxygens (including phenoxy) is 2. The van der Waals surface area contributed by atoms with Gasteiger partial charge in [0.2, 0.25) is 0 Å². The second-order valence-corrected chi connectivity index (χ2v) is 12.2. The van der Waals surface area contributed by atoms with E-state index in [-0.39, 0.29) is 34.4 Å². The molecule has 0 aromatic carbocycles. The second kappa shape index (κ2) is 8.85. The predicted octanol–water partition coefficient (Wildman–Crippen LogP) is 3.23. The summed E-state index contributed by atoms with van der Waals surface area (Å²) in [5.41, 5.74) is -0.845. The molecule has 0 saturated carbocycles. The molecule has 2 atom stereocenters. The van der Waals surface area contributed by atoms with Gasteiger partial charge in [0.05, 0.1) is 12.2 Å². The summed E-state index contributed by atoms with van der Waals surface area (Å²) in [6, 6.07) is 0. The van der Waals surface area contributed by atoms with Gasteiger partial charge < -0.3 is 19.7 Å². The Morgan fingerprint density at radius 3 is 1.06 bits per heavy atom. The van der Waals surface area contributed by atoms with Gasteiger partial charge in [-0.2, -0.15) is 0 Å². The highest BCUT2D eigenvalue weighted by Crippen LogP contribution is 2.40. The number of hydrogen-bond donors (Lipinski definition) is 2. The fourth-order valence-corrected chi connectivity index (χ4v) is 5.68. The lowest BCUT2D eigenvalue weighted by Gasteiger charge is -2.54. The van der Waals surface area contributed by atoms with E-state index in [2.05, 4.69) is 79.3 Å². The summed E-state index contributed by atoms with van der Waals surface area (Å²) in [6.45, 7) is 16.7. The molecule has 0 aromatic heterocycles. The number of carbonyl (C=O) groups is 2. The Labute approximate surface area is 193 Å². The summed E-state index contributed by atoms with van der Waals surface area (Å²) >= 11 is 0. The van der Waals surface area contributed by atoms with Crippen LogP contribution in [0.15, 0.2) is 0 Å². The van der Waals surface area contributed by atoms with Crippen LogP contribution in [0.1, 0.15) is 81.1 Å². The highest BCUT2D eigenvalue weighted by molar-refractivity contribution is 5.83. The molecule has 2 aliphatic heterocycles. The number of hydrogen-bond acceptors (Lipinski definition) is 6.